The van der Waals surface area contributed by atoms with Crippen LogP contribution in [0.15, 0.2) is 18.2 Å². The molecule has 2 heterocycles. The van der Waals surface area contributed by atoms with E-state index in [2.05, 4.69) is 10.3 Å². The highest BCUT2D eigenvalue weighted by atomic mass is 16.5. The van der Waals surface area contributed by atoms with Crippen LogP contribution in [0.25, 0.3) is 10.9 Å². The molecule has 0 radical (unpaired) electrons. The number of piperidine rings is 1. The molecule has 1 saturated heterocycles. The number of aromatic nitrogens is 1. The van der Waals surface area contributed by atoms with Gasteiger partial charge in [0.05, 0.1) is 51.0 Å². The lowest BCUT2D eigenvalue weighted by Crippen LogP contribution is -3.14. The Morgan fingerprint density at radius 2 is 1.93 bits per heavy atom. The number of carbonyl (C=O) groups excluding carboxylic acids is 3. The van der Waals surface area contributed by atoms with E-state index in [-0.39, 0.29) is 30.0 Å². The highest BCUT2D eigenvalue weighted by Crippen LogP contribution is 2.31. The Hall–Kier alpha value is -3.07. The molecule has 0 unspecified atom stereocenters. The number of amides is 1. The van der Waals surface area contributed by atoms with E-state index in [1.54, 1.807) is 32.2 Å². The molecular weight excluding hydrogens is 390 g/mol. The zero-order valence-electron chi connectivity index (χ0n) is 17.5. The van der Waals surface area contributed by atoms with E-state index in [1.165, 1.54) is 7.11 Å². The van der Waals surface area contributed by atoms with E-state index < -0.39 is 5.97 Å². The van der Waals surface area contributed by atoms with Crippen LogP contribution in [-0.2, 0) is 19.1 Å². The SMILES string of the molecule is CCOC(=O)C1CC[NH+](CC(=O)Nc2c(C(=O)OC)[nH]c3cc(OC)ccc23)CC1. The molecule has 1 fully saturated rings. The van der Waals surface area contributed by atoms with E-state index in [0.29, 0.717) is 54.9 Å². The maximum absolute atomic E-state index is 12.7. The van der Waals surface area contributed by atoms with Crippen LogP contribution in [0.4, 0.5) is 5.69 Å². The molecular formula is C21H28N3O6+. The first kappa shape index (κ1) is 21.6. The number of quaternary nitrogens is 1. The molecule has 30 heavy (non-hydrogen) atoms. The number of likely N-dealkylation sites (tertiary alicyclic amines) is 1. The topological polar surface area (TPSA) is 111 Å². The third-order valence-electron chi connectivity index (χ3n) is 5.38. The van der Waals surface area contributed by atoms with Gasteiger partial charge in [0.15, 0.2) is 6.54 Å². The zero-order valence-corrected chi connectivity index (χ0v) is 17.5. The van der Waals surface area contributed by atoms with Crippen molar-refractivity contribution in [2.24, 2.45) is 5.92 Å². The van der Waals surface area contributed by atoms with E-state index >= 15 is 0 Å². The number of fused-ring (bicyclic) bond motifs is 1. The summed E-state index contributed by atoms with van der Waals surface area (Å²) in [5.41, 5.74) is 1.24. The number of H-pyrrole nitrogens is 1. The predicted molar refractivity (Wildman–Crippen MR) is 110 cm³/mol. The Morgan fingerprint density at radius 3 is 2.57 bits per heavy atom. The molecule has 1 aromatic carbocycles. The fourth-order valence-corrected chi connectivity index (χ4v) is 3.80. The number of methoxy groups -OCH3 is 2. The van der Waals surface area contributed by atoms with E-state index in [0.717, 1.165) is 4.90 Å². The summed E-state index contributed by atoms with van der Waals surface area (Å²) in [6.07, 6.45) is 1.39. The first-order valence-corrected chi connectivity index (χ1v) is 10.0. The highest BCUT2D eigenvalue weighted by Gasteiger charge is 2.30. The first-order valence-electron chi connectivity index (χ1n) is 10.0. The van der Waals surface area contributed by atoms with Crippen molar-refractivity contribution in [1.29, 1.82) is 0 Å². The van der Waals surface area contributed by atoms with Gasteiger partial charge in [0.25, 0.3) is 5.91 Å². The maximum atomic E-state index is 12.7. The fraction of sp³-hybridized carbons (Fsp3) is 0.476. The minimum atomic E-state index is -0.567. The smallest absolute Gasteiger partial charge is 0.356 e. The quantitative estimate of drug-likeness (QED) is 0.573. The van der Waals surface area contributed by atoms with Crippen molar-refractivity contribution in [3.8, 4) is 5.75 Å². The average Bonchev–Trinajstić information content (AvgIpc) is 3.11. The van der Waals surface area contributed by atoms with Gasteiger partial charge >= 0.3 is 11.9 Å². The van der Waals surface area contributed by atoms with Gasteiger partial charge in [0, 0.05) is 24.3 Å². The summed E-state index contributed by atoms with van der Waals surface area (Å²) in [7, 11) is 2.85. The highest BCUT2D eigenvalue weighted by molar-refractivity contribution is 6.11. The summed E-state index contributed by atoms with van der Waals surface area (Å²) in [4.78, 5) is 40.9. The molecule has 0 spiro atoms. The lowest BCUT2D eigenvalue weighted by molar-refractivity contribution is -0.897. The monoisotopic (exact) mass is 418 g/mol. The number of hydrogen-bond donors (Lipinski definition) is 3. The van der Waals surface area contributed by atoms with Gasteiger partial charge in [-0.15, -0.1) is 0 Å². The van der Waals surface area contributed by atoms with Crippen molar-refractivity contribution in [1.82, 2.24) is 4.98 Å². The molecule has 3 rings (SSSR count). The lowest BCUT2D eigenvalue weighted by Gasteiger charge is -2.27. The second-order valence-electron chi connectivity index (χ2n) is 7.28. The van der Waals surface area contributed by atoms with Crippen molar-refractivity contribution in [3.05, 3.63) is 23.9 Å². The standard InChI is InChI=1S/C21H27N3O6/c1-4-30-20(26)13-7-9-24(10-8-13)12-17(25)23-18-15-6-5-14(28-2)11-16(15)22-19(18)21(27)29-3/h5-6,11,13,22H,4,7-10,12H2,1-3H3,(H,23,25)/p+1. The van der Waals surface area contributed by atoms with Gasteiger partial charge in [-0.05, 0) is 19.1 Å². The lowest BCUT2D eigenvalue weighted by atomic mass is 9.97. The van der Waals surface area contributed by atoms with Crippen LogP contribution in [0.1, 0.15) is 30.3 Å². The van der Waals surface area contributed by atoms with Gasteiger partial charge in [-0.3, -0.25) is 9.59 Å². The molecule has 0 atom stereocenters. The number of hydrogen-bond acceptors (Lipinski definition) is 6. The van der Waals surface area contributed by atoms with Gasteiger partial charge in [0.2, 0.25) is 0 Å². The number of anilines is 1. The molecule has 0 aliphatic carbocycles. The van der Waals surface area contributed by atoms with Crippen molar-refractivity contribution in [3.63, 3.8) is 0 Å². The molecule has 9 heteroatoms. The summed E-state index contributed by atoms with van der Waals surface area (Å²) in [6, 6.07) is 5.30. The van der Waals surface area contributed by atoms with Gasteiger partial charge < -0.3 is 29.4 Å². The van der Waals surface area contributed by atoms with Crippen LogP contribution in [0.3, 0.4) is 0 Å². The van der Waals surface area contributed by atoms with E-state index in [1.807, 2.05) is 0 Å². The molecule has 2 aromatic rings. The summed E-state index contributed by atoms with van der Waals surface area (Å²) >= 11 is 0. The Balaban J connectivity index is 1.69. The molecule has 1 amide bonds. The number of ether oxygens (including phenoxy) is 3. The summed E-state index contributed by atoms with van der Waals surface area (Å²) in [6.45, 7) is 3.86. The number of aromatic amines is 1. The normalized spacial score (nSPS) is 18.6. The Morgan fingerprint density at radius 1 is 1.20 bits per heavy atom. The Labute approximate surface area is 174 Å². The maximum Gasteiger partial charge on any atom is 0.356 e. The minimum Gasteiger partial charge on any atom is -0.497 e. The molecule has 9 nitrogen and oxygen atoms in total. The molecule has 0 bridgehead atoms. The van der Waals surface area contributed by atoms with Gasteiger partial charge in [-0.2, -0.15) is 0 Å². The summed E-state index contributed by atoms with van der Waals surface area (Å²) < 4.78 is 15.2. The minimum absolute atomic E-state index is 0.0914. The third kappa shape index (κ3) is 4.73. The van der Waals surface area contributed by atoms with Crippen LogP contribution in [0, 0.1) is 5.92 Å². The molecule has 162 valence electrons. The van der Waals surface area contributed by atoms with Crippen molar-refractivity contribution in [2.45, 2.75) is 19.8 Å². The summed E-state index contributed by atoms with van der Waals surface area (Å²) in [5, 5.41) is 3.56. The molecule has 1 aliphatic heterocycles. The van der Waals surface area contributed by atoms with Crippen LogP contribution in [-0.4, -0.2) is 63.3 Å². The third-order valence-corrected chi connectivity index (χ3v) is 5.38. The van der Waals surface area contributed by atoms with Crippen molar-refractivity contribution >= 4 is 34.4 Å². The average molecular weight is 418 g/mol. The van der Waals surface area contributed by atoms with Crippen LogP contribution in [0.5, 0.6) is 5.75 Å². The summed E-state index contributed by atoms with van der Waals surface area (Å²) in [5.74, 6) is -0.388. The second-order valence-corrected chi connectivity index (χ2v) is 7.28. The number of esters is 2. The van der Waals surface area contributed by atoms with Crippen molar-refractivity contribution < 1.29 is 33.5 Å². The number of carbonyl (C=O) groups is 3. The van der Waals surface area contributed by atoms with Crippen LogP contribution < -0.4 is 15.0 Å². The largest absolute Gasteiger partial charge is 0.497 e. The fourth-order valence-electron chi connectivity index (χ4n) is 3.80. The van der Waals surface area contributed by atoms with Gasteiger partial charge in [0.1, 0.15) is 11.4 Å². The van der Waals surface area contributed by atoms with E-state index in [4.69, 9.17) is 14.2 Å². The zero-order chi connectivity index (χ0) is 21.7. The Kier molecular flexibility index (Phi) is 6.94. The molecule has 0 saturated carbocycles. The van der Waals surface area contributed by atoms with Crippen LogP contribution >= 0.6 is 0 Å². The van der Waals surface area contributed by atoms with Crippen molar-refractivity contribution in [2.75, 3.05) is 45.8 Å². The number of rotatable bonds is 7. The van der Waals surface area contributed by atoms with Gasteiger partial charge in [-0.1, -0.05) is 0 Å². The van der Waals surface area contributed by atoms with E-state index in [9.17, 15) is 14.4 Å². The van der Waals surface area contributed by atoms with Gasteiger partial charge in [-0.25, -0.2) is 4.79 Å². The number of benzene rings is 1. The number of nitrogens with one attached hydrogen (secondary N) is 3. The van der Waals surface area contributed by atoms with Crippen LogP contribution in [0.2, 0.25) is 0 Å². The molecule has 3 N–H and O–H groups in total. The Bertz CT molecular complexity index is 930. The first-order chi connectivity index (χ1) is 14.5. The predicted octanol–water partition coefficient (Wildman–Crippen LogP) is 0.760. The molecule has 1 aliphatic rings. The molecule has 1 aromatic heterocycles. The second kappa shape index (κ2) is 9.62.